The Morgan fingerprint density at radius 2 is 1.90 bits per heavy atom. The largest absolute Gasteiger partial charge is 0.496 e. The van der Waals surface area contributed by atoms with E-state index in [1.54, 1.807) is 14.0 Å². The van der Waals surface area contributed by atoms with E-state index in [-0.39, 0.29) is 5.97 Å². The minimum absolute atomic E-state index is 0.306. The van der Waals surface area contributed by atoms with Crippen LogP contribution in [0, 0.1) is 20.8 Å². The maximum absolute atomic E-state index is 11.4. The number of methoxy groups -OCH3 is 1. The van der Waals surface area contributed by atoms with E-state index in [9.17, 15) is 4.79 Å². The predicted octanol–water partition coefficient (Wildman–Crippen LogP) is 4.14. The molecule has 21 heavy (non-hydrogen) atoms. The van der Waals surface area contributed by atoms with Gasteiger partial charge in [0, 0.05) is 6.08 Å². The molecule has 0 aliphatic heterocycles. The molecule has 0 bridgehead atoms. The van der Waals surface area contributed by atoms with E-state index in [2.05, 4.69) is 13.8 Å². The molecule has 0 unspecified atom stereocenters. The number of aryl methyl sites for hydroxylation is 1. The van der Waals surface area contributed by atoms with Gasteiger partial charge in [0.15, 0.2) is 0 Å². The molecule has 1 aromatic rings. The van der Waals surface area contributed by atoms with Gasteiger partial charge < -0.3 is 9.47 Å². The fourth-order valence-electron chi connectivity index (χ4n) is 2.17. The van der Waals surface area contributed by atoms with Gasteiger partial charge in [-0.1, -0.05) is 12.2 Å². The molecule has 0 aliphatic rings. The van der Waals surface area contributed by atoms with Crippen LogP contribution >= 0.6 is 0 Å². The molecule has 0 amide bonds. The summed E-state index contributed by atoms with van der Waals surface area (Å²) in [5.74, 6) is 0.597. The van der Waals surface area contributed by atoms with Gasteiger partial charge in [0.1, 0.15) is 5.75 Å². The minimum atomic E-state index is -0.306. The lowest BCUT2D eigenvalue weighted by Gasteiger charge is -2.13. The van der Waals surface area contributed by atoms with Crippen LogP contribution in [-0.2, 0) is 9.53 Å². The van der Waals surface area contributed by atoms with Gasteiger partial charge in [-0.25, -0.2) is 4.79 Å². The van der Waals surface area contributed by atoms with E-state index < -0.39 is 0 Å². The highest BCUT2D eigenvalue weighted by Crippen LogP contribution is 2.28. The van der Waals surface area contributed by atoms with Crippen LogP contribution in [0.25, 0.3) is 6.08 Å². The summed E-state index contributed by atoms with van der Waals surface area (Å²) in [6.07, 6.45) is 5.46. The van der Waals surface area contributed by atoms with E-state index in [1.807, 2.05) is 32.1 Å². The second kappa shape index (κ2) is 7.67. The molecule has 1 rings (SSSR count). The highest BCUT2D eigenvalue weighted by Gasteiger charge is 2.08. The van der Waals surface area contributed by atoms with Crippen LogP contribution < -0.4 is 4.74 Å². The van der Waals surface area contributed by atoms with E-state index in [1.165, 1.54) is 11.6 Å². The number of carbonyl (C=O) groups excluding carboxylic acids is 1. The average Bonchev–Trinajstić information content (AvgIpc) is 2.42. The van der Waals surface area contributed by atoms with Gasteiger partial charge in [-0.05, 0) is 68.5 Å². The highest BCUT2D eigenvalue weighted by atomic mass is 16.5. The van der Waals surface area contributed by atoms with Crippen molar-refractivity contribution in [3.8, 4) is 5.75 Å². The van der Waals surface area contributed by atoms with Crippen LogP contribution in [0.15, 0.2) is 23.8 Å². The summed E-state index contributed by atoms with van der Waals surface area (Å²) in [7, 11) is 1.68. The fraction of sp³-hybridized carbons (Fsp3) is 0.389. The van der Waals surface area contributed by atoms with Gasteiger partial charge >= 0.3 is 5.97 Å². The number of allylic oxidation sites excluding steroid dienone is 2. The number of ether oxygens (including phenoxy) is 2. The lowest BCUT2D eigenvalue weighted by Crippen LogP contribution is -1.99. The van der Waals surface area contributed by atoms with Crippen LogP contribution in [0.2, 0.25) is 0 Å². The Hall–Kier alpha value is -2.03. The van der Waals surface area contributed by atoms with Crippen LogP contribution in [0.1, 0.15) is 36.1 Å². The number of carbonyl (C=O) groups is 1. The Morgan fingerprint density at radius 3 is 2.48 bits per heavy atom. The van der Waals surface area contributed by atoms with Crippen LogP contribution in [0.4, 0.5) is 0 Å². The molecule has 0 saturated carbocycles. The molecule has 0 fully saturated rings. The Bertz CT molecular complexity index is 581. The zero-order valence-corrected chi connectivity index (χ0v) is 13.7. The van der Waals surface area contributed by atoms with E-state index in [0.717, 1.165) is 28.0 Å². The van der Waals surface area contributed by atoms with Crippen molar-refractivity contribution in [2.24, 2.45) is 0 Å². The summed E-state index contributed by atoms with van der Waals surface area (Å²) in [6.45, 7) is 10.3. The summed E-state index contributed by atoms with van der Waals surface area (Å²) >= 11 is 0. The topological polar surface area (TPSA) is 35.5 Å². The second-order valence-electron chi connectivity index (χ2n) is 5.03. The molecule has 0 atom stereocenters. The summed E-state index contributed by atoms with van der Waals surface area (Å²) < 4.78 is 10.3. The molecule has 0 radical (unpaired) electrons. The standard InChI is InChI=1S/C18H24O3/c1-7-21-18(19)10-12(2)8-9-16-13(3)11-17(20-6)15(5)14(16)4/h8-11H,7H2,1-6H3. The van der Waals surface area contributed by atoms with Crippen molar-refractivity contribution in [1.29, 1.82) is 0 Å². The molecule has 3 heteroatoms. The molecule has 1 aromatic carbocycles. The fourth-order valence-corrected chi connectivity index (χ4v) is 2.17. The molecule has 3 nitrogen and oxygen atoms in total. The van der Waals surface area contributed by atoms with Gasteiger partial charge in [-0.3, -0.25) is 0 Å². The summed E-state index contributed by atoms with van der Waals surface area (Å²) in [4.78, 5) is 11.4. The monoisotopic (exact) mass is 288 g/mol. The molecule has 0 aromatic heterocycles. The molecule has 0 spiro atoms. The van der Waals surface area contributed by atoms with Crippen LogP contribution in [0.3, 0.4) is 0 Å². The third-order valence-electron chi connectivity index (χ3n) is 3.47. The Kier molecular flexibility index (Phi) is 6.22. The number of hydrogen-bond donors (Lipinski definition) is 0. The Balaban J connectivity index is 3.06. The molecule has 0 aliphatic carbocycles. The quantitative estimate of drug-likeness (QED) is 0.464. The first-order valence-corrected chi connectivity index (χ1v) is 7.08. The zero-order valence-electron chi connectivity index (χ0n) is 13.7. The number of esters is 1. The van der Waals surface area contributed by atoms with Gasteiger partial charge in [-0.15, -0.1) is 0 Å². The van der Waals surface area contributed by atoms with Crippen molar-refractivity contribution >= 4 is 12.0 Å². The maximum atomic E-state index is 11.4. The lowest BCUT2D eigenvalue weighted by atomic mass is 9.96. The summed E-state index contributed by atoms with van der Waals surface area (Å²) in [5, 5.41) is 0. The predicted molar refractivity (Wildman–Crippen MR) is 86.6 cm³/mol. The average molecular weight is 288 g/mol. The molecule has 114 valence electrons. The minimum Gasteiger partial charge on any atom is -0.496 e. The lowest BCUT2D eigenvalue weighted by molar-refractivity contribution is -0.137. The van der Waals surface area contributed by atoms with Crippen molar-refractivity contribution in [2.45, 2.75) is 34.6 Å². The first kappa shape index (κ1) is 17.0. The molecule has 0 saturated heterocycles. The first-order valence-electron chi connectivity index (χ1n) is 7.08. The number of rotatable bonds is 5. The van der Waals surface area contributed by atoms with Crippen LogP contribution in [0.5, 0.6) is 5.75 Å². The van der Waals surface area contributed by atoms with Gasteiger partial charge in [-0.2, -0.15) is 0 Å². The number of benzene rings is 1. The molecular formula is C18H24O3. The smallest absolute Gasteiger partial charge is 0.330 e. The van der Waals surface area contributed by atoms with Crippen molar-refractivity contribution in [1.82, 2.24) is 0 Å². The van der Waals surface area contributed by atoms with E-state index >= 15 is 0 Å². The maximum Gasteiger partial charge on any atom is 0.330 e. The summed E-state index contributed by atoms with van der Waals surface area (Å²) in [5.41, 5.74) is 5.49. The van der Waals surface area contributed by atoms with Gasteiger partial charge in [0.25, 0.3) is 0 Å². The van der Waals surface area contributed by atoms with E-state index in [4.69, 9.17) is 9.47 Å². The first-order chi connectivity index (χ1) is 9.90. The van der Waals surface area contributed by atoms with Gasteiger partial charge in [0.05, 0.1) is 13.7 Å². The normalized spacial score (nSPS) is 11.8. The van der Waals surface area contributed by atoms with Crippen molar-refractivity contribution in [3.63, 3.8) is 0 Å². The highest BCUT2D eigenvalue weighted by molar-refractivity contribution is 5.83. The Morgan fingerprint density at radius 1 is 1.24 bits per heavy atom. The second-order valence-corrected chi connectivity index (χ2v) is 5.03. The molecular weight excluding hydrogens is 264 g/mol. The van der Waals surface area contributed by atoms with Crippen molar-refractivity contribution in [3.05, 3.63) is 46.0 Å². The SMILES string of the molecule is CCOC(=O)C=C(C)C=Cc1c(C)cc(OC)c(C)c1C. The van der Waals surface area contributed by atoms with Crippen molar-refractivity contribution in [2.75, 3.05) is 13.7 Å². The summed E-state index contributed by atoms with van der Waals surface area (Å²) in [6, 6.07) is 2.03. The van der Waals surface area contributed by atoms with Crippen molar-refractivity contribution < 1.29 is 14.3 Å². The van der Waals surface area contributed by atoms with Crippen LogP contribution in [-0.4, -0.2) is 19.7 Å². The van der Waals surface area contributed by atoms with E-state index in [0.29, 0.717) is 6.61 Å². The third-order valence-corrected chi connectivity index (χ3v) is 3.47. The third kappa shape index (κ3) is 4.48. The Labute approximate surface area is 127 Å². The van der Waals surface area contributed by atoms with Gasteiger partial charge in [0.2, 0.25) is 0 Å². The molecule has 0 heterocycles. The molecule has 0 N–H and O–H groups in total. The number of hydrogen-bond acceptors (Lipinski definition) is 3. The zero-order chi connectivity index (χ0) is 16.0.